The quantitative estimate of drug-likeness (QED) is 0.534. The number of alkyl halides is 3. The highest BCUT2D eigenvalue weighted by atomic mass is 32.1. The summed E-state index contributed by atoms with van der Waals surface area (Å²) in [4.78, 5) is 16.7. The molecule has 0 bridgehead atoms. The molecular formula is C22H22F3N5S. The van der Waals surface area contributed by atoms with E-state index in [1.807, 2.05) is 0 Å². The van der Waals surface area contributed by atoms with E-state index < -0.39 is 11.7 Å². The minimum atomic E-state index is -4.40. The molecule has 0 spiro atoms. The van der Waals surface area contributed by atoms with Crippen LogP contribution < -0.4 is 10.2 Å². The maximum absolute atomic E-state index is 13.3. The van der Waals surface area contributed by atoms with Gasteiger partial charge in [0.15, 0.2) is 5.13 Å². The molecule has 0 unspecified atom stereocenters. The molecule has 2 aromatic heterocycles. The van der Waals surface area contributed by atoms with E-state index in [-0.39, 0.29) is 0 Å². The molecule has 0 amide bonds. The summed E-state index contributed by atoms with van der Waals surface area (Å²) in [6.07, 6.45) is 2.86. The Kier molecular flexibility index (Phi) is 5.29. The second-order valence-corrected chi connectivity index (χ2v) is 8.96. The highest BCUT2D eigenvalue weighted by Gasteiger charge is 2.31. The van der Waals surface area contributed by atoms with Crippen molar-refractivity contribution in [1.29, 1.82) is 0 Å². The minimum Gasteiger partial charge on any atom is -0.351 e. The molecule has 3 heterocycles. The first-order valence-electron chi connectivity index (χ1n) is 10.5. The monoisotopic (exact) mass is 445 g/mol. The minimum absolute atomic E-state index is 0.406. The number of halogens is 3. The highest BCUT2D eigenvalue weighted by molar-refractivity contribution is 7.19. The van der Waals surface area contributed by atoms with Crippen LogP contribution in [0.1, 0.15) is 37.7 Å². The second-order valence-electron chi connectivity index (χ2n) is 7.98. The molecular weight excluding hydrogens is 423 g/mol. The van der Waals surface area contributed by atoms with Gasteiger partial charge >= 0.3 is 6.18 Å². The molecule has 31 heavy (non-hydrogen) atoms. The number of anilines is 2. The van der Waals surface area contributed by atoms with Gasteiger partial charge in [-0.3, -0.25) is 0 Å². The molecule has 1 aliphatic carbocycles. The van der Waals surface area contributed by atoms with E-state index in [1.165, 1.54) is 29.9 Å². The fourth-order valence-electron chi connectivity index (χ4n) is 3.71. The zero-order valence-corrected chi connectivity index (χ0v) is 17.6. The van der Waals surface area contributed by atoms with Crippen LogP contribution in [-0.4, -0.2) is 34.1 Å². The predicted octanol–water partition coefficient (Wildman–Crippen LogP) is 5.85. The van der Waals surface area contributed by atoms with Gasteiger partial charge in [0, 0.05) is 30.9 Å². The van der Waals surface area contributed by atoms with Crippen molar-refractivity contribution >= 4 is 22.4 Å². The lowest BCUT2D eigenvalue weighted by Gasteiger charge is -2.25. The van der Waals surface area contributed by atoms with Crippen molar-refractivity contribution in [2.75, 3.05) is 23.3 Å². The van der Waals surface area contributed by atoms with Gasteiger partial charge in [-0.1, -0.05) is 23.5 Å². The van der Waals surface area contributed by atoms with E-state index >= 15 is 0 Å². The molecule has 9 heteroatoms. The number of benzene rings is 1. The Labute approximate surface area is 182 Å². The summed E-state index contributed by atoms with van der Waals surface area (Å²) in [6.45, 7) is 1.82. The molecule has 1 aliphatic heterocycles. The van der Waals surface area contributed by atoms with E-state index in [0.717, 1.165) is 54.8 Å². The fraction of sp³-hybridized carbons (Fsp3) is 0.409. The summed E-state index contributed by atoms with van der Waals surface area (Å²) in [6, 6.07) is 7.57. The first-order chi connectivity index (χ1) is 15.0. The van der Waals surface area contributed by atoms with E-state index in [1.54, 1.807) is 18.3 Å². The number of thiazole rings is 1. The number of nitrogens with one attached hydrogen (secondary N) is 1. The standard InChI is InChI=1S/C22H22F3N5S/c23-22(24,25)15-6-4-5-14(13-15)18-19(31-21(29-18)30-11-2-1-3-12-30)17-9-10-26-20(28-17)27-16-7-8-16/h4-6,9-10,13,16H,1-3,7-8,11-12H2,(H,26,27,28). The molecule has 0 atom stereocenters. The third kappa shape index (κ3) is 4.51. The van der Waals surface area contributed by atoms with Gasteiger partial charge in [-0.25, -0.2) is 15.0 Å². The van der Waals surface area contributed by atoms with E-state index in [2.05, 4.69) is 20.2 Å². The zero-order chi connectivity index (χ0) is 21.4. The van der Waals surface area contributed by atoms with E-state index in [0.29, 0.717) is 28.9 Å². The van der Waals surface area contributed by atoms with Crippen LogP contribution in [0.25, 0.3) is 21.8 Å². The Balaban J connectivity index is 1.58. The van der Waals surface area contributed by atoms with Crippen molar-refractivity contribution in [3.8, 4) is 21.8 Å². The van der Waals surface area contributed by atoms with Crippen LogP contribution in [0.3, 0.4) is 0 Å². The van der Waals surface area contributed by atoms with Gasteiger partial charge in [-0.15, -0.1) is 0 Å². The van der Waals surface area contributed by atoms with Crippen molar-refractivity contribution in [1.82, 2.24) is 15.0 Å². The van der Waals surface area contributed by atoms with Crippen molar-refractivity contribution in [2.24, 2.45) is 0 Å². The molecule has 1 saturated carbocycles. The molecule has 1 N–H and O–H groups in total. The van der Waals surface area contributed by atoms with Crippen LogP contribution in [0, 0.1) is 0 Å². The zero-order valence-electron chi connectivity index (χ0n) is 16.8. The number of piperidine rings is 1. The highest BCUT2D eigenvalue weighted by Crippen LogP contribution is 2.42. The predicted molar refractivity (Wildman–Crippen MR) is 116 cm³/mol. The number of hydrogen-bond acceptors (Lipinski definition) is 6. The van der Waals surface area contributed by atoms with Crippen LogP contribution in [-0.2, 0) is 6.18 Å². The first kappa shape index (κ1) is 20.2. The maximum atomic E-state index is 13.3. The Morgan fingerprint density at radius 3 is 2.58 bits per heavy atom. The van der Waals surface area contributed by atoms with Gasteiger partial charge in [0.25, 0.3) is 0 Å². The summed E-state index contributed by atoms with van der Waals surface area (Å²) >= 11 is 1.49. The van der Waals surface area contributed by atoms with Gasteiger partial charge in [-0.2, -0.15) is 13.2 Å². The fourth-order valence-corrected chi connectivity index (χ4v) is 4.82. The van der Waals surface area contributed by atoms with Crippen molar-refractivity contribution in [2.45, 2.75) is 44.3 Å². The van der Waals surface area contributed by atoms with Crippen LogP contribution >= 0.6 is 11.3 Å². The Bertz CT molecular complexity index is 1070. The van der Waals surface area contributed by atoms with Crippen molar-refractivity contribution in [3.05, 3.63) is 42.1 Å². The van der Waals surface area contributed by atoms with E-state index in [4.69, 9.17) is 4.98 Å². The number of nitrogens with zero attached hydrogens (tertiary/aromatic N) is 4. The average molecular weight is 446 g/mol. The van der Waals surface area contributed by atoms with Crippen LogP contribution in [0.5, 0.6) is 0 Å². The smallest absolute Gasteiger partial charge is 0.351 e. The van der Waals surface area contributed by atoms with Crippen LogP contribution in [0.2, 0.25) is 0 Å². The lowest BCUT2D eigenvalue weighted by molar-refractivity contribution is -0.137. The molecule has 2 fully saturated rings. The molecule has 2 aliphatic rings. The average Bonchev–Trinajstić information content (AvgIpc) is 3.47. The number of aromatic nitrogens is 3. The molecule has 1 aromatic carbocycles. The summed E-state index contributed by atoms with van der Waals surface area (Å²) in [5.41, 5.74) is 0.973. The van der Waals surface area contributed by atoms with Crippen LogP contribution in [0.4, 0.5) is 24.3 Å². The lowest BCUT2D eigenvalue weighted by atomic mass is 10.1. The molecule has 0 radical (unpaired) electrons. The Morgan fingerprint density at radius 2 is 1.84 bits per heavy atom. The largest absolute Gasteiger partial charge is 0.416 e. The maximum Gasteiger partial charge on any atom is 0.416 e. The van der Waals surface area contributed by atoms with Gasteiger partial charge in [0.1, 0.15) is 0 Å². The first-order valence-corrected chi connectivity index (χ1v) is 11.3. The molecule has 1 saturated heterocycles. The number of rotatable bonds is 5. The summed E-state index contributed by atoms with van der Waals surface area (Å²) in [7, 11) is 0. The third-order valence-electron chi connectivity index (χ3n) is 5.50. The van der Waals surface area contributed by atoms with Gasteiger partial charge in [0.05, 0.1) is 21.8 Å². The van der Waals surface area contributed by atoms with Crippen LogP contribution in [0.15, 0.2) is 36.5 Å². The van der Waals surface area contributed by atoms with Gasteiger partial charge in [0.2, 0.25) is 5.95 Å². The van der Waals surface area contributed by atoms with E-state index in [9.17, 15) is 13.2 Å². The second kappa shape index (κ2) is 8.11. The topological polar surface area (TPSA) is 53.9 Å². The van der Waals surface area contributed by atoms with Gasteiger partial charge < -0.3 is 10.2 Å². The lowest BCUT2D eigenvalue weighted by Crippen LogP contribution is -2.29. The molecule has 5 nitrogen and oxygen atoms in total. The SMILES string of the molecule is FC(F)(F)c1cccc(-c2nc(N3CCCCC3)sc2-c2ccnc(NC3CC3)n2)c1. The summed E-state index contributed by atoms with van der Waals surface area (Å²) < 4.78 is 40.0. The van der Waals surface area contributed by atoms with Crippen molar-refractivity contribution in [3.63, 3.8) is 0 Å². The summed E-state index contributed by atoms with van der Waals surface area (Å²) in [5, 5.41) is 4.12. The van der Waals surface area contributed by atoms with Gasteiger partial charge in [-0.05, 0) is 50.3 Å². The van der Waals surface area contributed by atoms with Crippen molar-refractivity contribution < 1.29 is 13.2 Å². The summed E-state index contributed by atoms with van der Waals surface area (Å²) in [5.74, 6) is 0.544. The Morgan fingerprint density at radius 1 is 1.03 bits per heavy atom. The molecule has 5 rings (SSSR count). The molecule has 3 aromatic rings. The molecule has 162 valence electrons. The normalized spacial score (nSPS) is 17.1. The number of hydrogen-bond donors (Lipinski definition) is 1. The third-order valence-corrected chi connectivity index (χ3v) is 6.64. The Hall–Kier alpha value is -2.68.